The van der Waals surface area contributed by atoms with Crippen molar-refractivity contribution in [3.63, 3.8) is 0 Å². The van der Waals surface area contributed by atoms with Crippen molar-refractivity contribution < 1.29 is 14.3 Å². The second kappa shape index (κ2) is 7.53. The zero-order valence-electron chi connectivity index (χ0n) is 16.0. The van der Waals surface area contributed by atoms with Crippen LogP contribution in [0, 0.1) is 0 Å². The fraction of sp³-hybridized carbons (Fsp3) is 0.286. The fourth-order valence-corrected chi connectivity index (χ4v) is 4.06. The summed E-state index contributed by atoms with van der Waals surface area (Å²) < 4.78 is 12.3. The van der Waals surface area contributed by atoms with Gasteiger partial charge in [-0.05, 0) is 43.2 Å². The molecule has 30 heavy (non-hydrogen) atoms. The number of fused-ring (bicyclic) bond motifs is 2. The van der Waals surface area contributed by atoms with E-state index >= 15 is 0 Å². The van der Waals surface area contributed by atoms with E-state index in [1.54, 1.807) is 52.2 Å². The first-order valence-electron chi connectivity index (χ1n) is 9.70. The molecule has 0 aliphatic carbocycles. The molecular formula is C21H19ClN4O4. The number of hydrogen-bond acceptors (Lipinski definition) is 5. The first-order valence-corrected chi connectivity index (χ1v) is 10.1. The molecule has 5 rings (SSSR count). The third-order valence-corrected chi connectivity index (χ3v) is 5.75. The van der Waals surface area contributed by atoms with E-state index in [1.165, 1.54) is 0 Å². The number of ether oxygens (including phenoxy) is 2. The van der Waals surface area contributed by atoms with Crippen LogP contribution in [0.2, 0.25) is 5.02 Å². The number of halogens is 1. The molecule has 2 aromatic carbocycles. The molecule has 2 aliphatic rings. The molecule has 0 unspecified atom stereocenters. The van der Waals surface area contributed by atoms with Crippen molar-refractivity contribution in [2.24, 2.45) is 0 Å². The minimum atomic E-state index is -0.175. The van der Waals surface area contributed by atoms with Gasteiger partial charge in [0.15, 0.2) is 11.5 Å². The van der Waals surface area contributed by atoms with Crippen molar-refractivity contribution in [3.8, 4) is 11.5 Å². The normalized spacial score (nSPS) is 16.1. The molecule has 0 atom stereocenters. The predicted molar refractivity (Wildman–Crippen MR) is 112 cm³/mol. The van der Waals surface area contributed by atoms with Gasteiger partial charge >= 0.3 is 6.03 Å². The van der Waals surface area contributed by atoms with Crippen molar-refractivity contribution in [3.05, 3.63) is 58.1 Å². The molecule has 3 heterocycles. The lowest BCUT2D eigenvalue weighted by atomic mass is 10.0. The Bertz CT molecular complexity index is 1190. The molecule has 0 bridgehead atoms. The molecule has 8 nitrogen and oxygen atoms in total. The summed E-state index contributed by atoms with van der Waals surface area (Å²) in [6.45, 7) is 1.29. The van der Waals surface area contributed by atoms with Crippen LogP contribution in [0.4, 0.5) is 10.5 Å². The average molecular weight is 427 g/mol. The maximum absolute atomic E-state index is 12.9. The standard InChI is InChI=1S/C21H19ClN4O4/c22-13-1-3-16-17(9-13)23-11-26(20(16)27)15-5-7-25(8-6-15)21(28)24-14-2-4-18-19(10-14)30-12-29-18/h1-4,9-11,15H,5-8,12H2,(H,24,28). The number of nitrogens with one attached hydrogen (secondary N) is 1. The molecular weight excluding hydrogens is 408 g/mol. The van der Waals surface area contributed by atoms with Crippen molar-refractivity contribution >= 4 is 34.2 Å². The topological polar surface area (TPSA) is 85.7 Å². The van der Waals surface area contributed by atoms with E-state index in [2.05, 4.69) is 10.3 Å². The number of benzene rings is 2. The van der Waals surface area contributed by atoms with Crippen LogP contribution in [0.5, 0.6) is 11.5 Å². The summed E-state index contributed by atoms with van der Waals surface area (Å²) >= 11 is 5.99. The van der Waals surface area contributed by atoms with Gasteiger partial charge in [-0.1, -0.05) is 11.6 Å². The lowest BCUT2D eigenvalue weighted by Gasteiger charge is -2.32. The second-order valence-electron chi connectivity index (χ2n) is 7.33. The first kappa shape index (κ1) is 18.7. The first-order chi connectivity index (χ1) is 14.6. The van der Waals surface area contributed by atoms with Crippen LogP contribution < -0.4 is 20.3 Å². The van der Waals surface area contributed by atoms with Crippen LogP contribution in [-0.4, -0.2) is 40.4 Å². The Kier molecular flexibility index (Phi) is 4.71. The molecule has 1 fully saturated rings. The van der Waals surface area contributed by atoms with E-state index in [-0.39, 0.29) is 24.4 Å². The van der Waals surface area contributed by atoms with Gasteiger partial charge < -0.3 is 19.7 Å². The highest BCUT2D eigenvalue weighted by Gasteiger charge is 2.25. The Labute approximate surface area is 177 Å². The fourth-order valence-electron chi connectivity index (χ4n) is 3.89. The lowest BCUT2D eigenvalue weighted by molar-refractivity contribution is 0.174. The maximum atomic E-state index is 12.9. The molecule has 2 aliphatic heterocycles. The number of urea groups is 1. The number of aromatic nitrogens is 2. The van der Waals surface area contributed by atoms with Crippen LogP contribution in [0.15, 0.2) is 47.5 Å². The van der Waals surface area contributed by atoms with Gasteiger partial charge in [-0.2, -0.15) is 0 Å². The van der Waals surface area contributed by atoms with Gasteiger partial charge in [-0.15, -0.1) is 0 Å². The van der Waals surface area contributed by atoms with Gasteiger partial charge in [0.2, 0.25) is 6.79 Å². The highest BCUT2D eigenvalue weighted by atomic mass is 35.5. The number of piperidine rings is 1. The minimum Gasteiger partial charge on any atom is -0.454 e. The number of rotatable bonds is 2. The summed E-state index contributed by atoms with van der Waals surface area (Å²) in [5.41, 5.74) is 1.16. The predicted octanol–water partition coefficient (Wildman–Crippen LogP) is 3.65. The maximum Gasteiger partial charge on any atom is 0.321 e. The molecule has 1 aromatic heterocycles. The van der Waals surface area contributed by atoms with E-state index < -0.39 is 0 Å². The van der Waals surface area contributed by atoms with Gasteiger partial charge in [0.1, 0.15) is 0 Å². The quantitative estimate of drug-likeness (QED) is 0.676. The Morgan fingerprint density at radius 2 is 1.90 bits per heavy atom. The van der Waals surface area contributed by atoms with Gasteiger partial charge in [0.05, 0.1) is 17.2 Å². The molecule has 0 spiro atoms. The highest BCUT2D eigenvalue weighted by molar-refractivity contribution is 6.31. The van der Waals surface area contributed by atoms with E-state index in [4.69, 9.17) is 21.1 Å². The van der Waals surface area contributed by atoms with Crippen LogP contribution >= 0.6 is 11.6 Å². The lowest BCUT2D eigenvalue weighted by Crippen LogP contribution is -2.42. The number of hydrogen-bond donors (Lipinski definition) is 1. The van der Waals surface area contributed by atoms with Gasteiger partial charge in [0, 0.05) is 35.9 Å². The largest absolute Gasteiger partial charge is 0.454 e. The number of carbonyl (C=O) groups is 1. The third-order valence-electron chi connectivity index (χ3n) is 5.51. The van der Waals surface area contributed by atoms with E-state index in [0.29, 0.717) is 59.0 Å². The minimum absolute atomic E-state index is 0.000304. The van der Waals surface area contributed by atoms with E-state index in [1.807, 2.05) is 0 Å². The van der Waals surface area contributed by atoms with Crippen LogP contribution in [-0.2, 0) is 0 Å². The van der Waals surface area contributed by atoms with Gasteiger partial charge in [-0.3, -0.25) is 9.36 Å². The third kappa shape index (κ3) is 3.43. The summed E-state index contributed by atoms with van der Waals surface area (Å²) in [5, 5.41) is 3.99. The van der Waals surface area contributed by atoms with Gasteiger partial charge in [0.25, 0.3) is 5.56 Å². The number of amides is 2. The molecule has 9 heteroatoms. The Hall–Kier alpha value is -3.26. The summed E-state index contributed by atoms with van der Waals surface area (Å²) in [6, 6.07) is 10.2. The van der Waals surface area contributed by atoms with Crippen molar-refractivity contribution in [1.29, 1.82) is 0 Å². The SMILES string of the molecule is O=C(Nc1ccc2c(c1)OCO2)N1CCC(n2cnc3cc(Cl)ccc3c2=O)CC1. The molecule has 0 radical (unpaired) electrons. The molecule has 3 aromatic rings. The average Bonchev–Trinajstić information content (AvgIpc) is 3.22. The van der Waals surface area contributed by atoms with Crippen LogP contribution in [0.1, 0.15) is 18.9 Å². The Morgan fingerprint density at radius 3 is 2.73 bits per heavy atom. The van der Waals surface area contributed by atoms with E-state index in [0.717, 1.165) is 0 Å². The molecule has 2 amide bonds. The number of carbonyl (C=O) groups excluding carboxylic acids is 1. The highest BCUT2D eigenvalue weighted by Crippen LogP contribution is 2.34. The van der Waals surface area contributed by atoms with E-state index in [9.17, 15) is 9.59 Å². The summed E-state index contributed by atoms with van der Waals surface area (Å²) in [7, 11) is 0. The van der Waals surface area contributed by atoms with Crippen molar-refractivity contribution in [2.75, 3.05) is 25.2 Å². The number of anilines is 1. The molecule has 154 valence electrons. The Morgan fingerprint density at radius 1 is 1.10 bits per heavy atom. The monoisotopic (exact) mass is 426 g/mol. The van der Waals surface area contributed by atoms with Crippen LogP contribution in [0.3, 0.4) is 0 Å². The molecule has 1 N–H and O–H groups in total. The zero-order chi connectivity index (χ0) is 20.7. The van der Waals surface area contributed by atoms with Crippen molar-refractivity contribution in [2.45, 2.75) is 18.9 Å². The summed E-state index contributed by atoms with van der Waals surface area (Å²) in [4.78, 5) is 31.6. The van der Waals surface area contributed by atoms with Crippen molar-refractivity contribution in [1.82, 2.24) is 14.5 Å². The zero-order valence-corrected chi connectivity index (χ0v) is 16.8. The van der Waals surface area contributed by atoms with Gasteiger partial charge in [-0.25, -0.2) is 9.78 Å². The summed E-state index contributed by atoms with van der Waals surface area (Å²) in [5.74, 6) is 1.29. The Balaban J connectivity index is 1.25. The summed E-state index contributed by atoms with van der Waals surface area (Å²) in [6.07, 6.45) is 2.93. The molecule has 1 saturated heterocycles. The number of likely N-dealkylation sites (tertiary alicyclic amines) is 1. The number of nitrogens with zero attached hydrogens (tertiary/aromatic N) is 3. The van der Waals surface area contributed by atoms with Crippen LogP contribution in [0.25, 0.3) is 10.9 Å². The molecule has 0 saturated carbocycles. The second-order valence-corrected chi connectivity index (χ2v) is 7.77. The smallest absolute Gasteiger partial charge is 0.321 e.